The van der Waals surface area contributed by atoms with Gasteiger partial charge in [-0.2, -0.15) is 0 Å². The van der Waals surface area contributed by atoms with E-state index in [1.54, 1.807) is 0 Å². The Morgan fingerprint density at radius 2 is 2.11 bits per heavy atom. The van der Waals surface area contributed by atoms with Gasteiger partial charge in [0.05, 0.1) is 0 Å². The molecule has 0 heterocycles. The molecular weight excluding hydrogens is 114 g/mol. The topological polar surface area (TPSA) is 27.3 Å². The predicted molar refractivity (Wildman–Crippen MR) is 40.2 cm³/mol. The summed E-state index contributed by atoms with van der Waals surface area (Å²) in [5.74, 6) is 0. The Bertz CT molecular complexity index is 56.3. The number of hydrogen-bond acceptors (Lipinski definition) is 3. The summed E-state index contributed by atoms with van der Waals surface area (Å²) in [5, 5.41) is 0. The number of nitrogens with zero attached hydrogens (tertiary/aromatic N) is 1. The second kappa shape index (κ2) is 6.01. The lowest BCUT2D eigenvalue weighted by molar-refractivity contribution is 0.342. The molecule has 0 aromatic carbocycles. The third-order valence-electron chi connectivity index (χ3n) is 1.34. The smallest absolute Gasteiger partial charge is 0.0227 e. The summed E-state index contributed by atoms with van der Waals surface area (Å²) < 4.78 is 0. The van der Waals surface area contributed by atoms with Crippen molar-refractivity contribution >= 4 is 0 Å². The van der Waals surface area contributed by atoms with Crippen LogP contribution >= 0.6 is 0 Å². The Kier molecular flexibility index (Phi) is 5.93. The third kappa shape index (κ3) is 5.76. The molecular formula is C6H17N3. The van der Waals surface area contributed by atoms with E-state index in [1.165, 1.54) is 0 Å². The lowest BCUT2D eigenvalue weighted by Gasteiger charge is -2.12. The Morgan fingerprint density at radius 1 is 1.44 bits per heavy atom. The van der Waals surface area contributed by atoms with Gasteiger partial charge >= 0.3 is 0 Å². The summed E-state index contributed by atoms with van der Waals surface area (Å²) in [6, 6.07) is 0. The van der Waals surface area contributed by atoms with E-state index in [9.17, 15) is 0 Å². The van der Waals surface area contributed by atoms with Crippen molar-refractivity contribution in [1.82, 2.24) is 15.8 Å². The fourth-order valence-corrected chi connectivity index (χ4v) is 0.530. The number of hydrazine groups is 1. The van der Waals surface area contributed by atoms with Gasteiger partial charge in [-0.1, -0.05) is 6.92 Å². The van der Waals surface area contributed by atoms with E-state index < -0.39 is 0 Å². The zero-order valence-corrected chi connectivity index (χ0v) is 6.57. The van der Waals surface area contributed by atoms with Crippen molar-refractivity contribution in [3.63, 3.8) is 0 Å². The van der Waals surface area contributed by atoms with Crippen LogP contribution in [0.15, 0.2) is 0 Å². The first-order chi connectivity index (χ1) is 4.31. The van der Waals surface area contributed by atoms with Crippen LogP contribution in [-0.2, 0) is 0 Å². The highest BCUT2D eigenvalue weighted by atomic mass is 15.3. The predicted octanol–water partition coefficient (Wildman–Crippen LogP) is -0.338. The van der Waals surface area contributed by atoms with Crippen LogP contribution in [0.1, 0.15) is 6.92 Å². The molecule has 0 amide bonds. The van der Waals surface area contributed by atoms with Crippen LogP contribution in [0.4, 0.5) is 0 Å². The number of likely N-dealkylation sites (N-methyl/N-ethyl adjacent to an activating group) is 1. The van der Waals surface area contributed by atoms with Crippen LogP contribution in [0.2, 0.25) is 0 Å². The maximum atomic E-state index is 3.02. The van der Waals surface area contributed by atoms with Gasteiger partial charge in [-0.05, 0) is 20.6 Å². The monoisotopic (exact) mass is 131 g/mol. The Hall–Kier alpha value is -0.120. The van der Waals surface area contributed by atoms with Crippen molar-refractivity contribution in [3.05, 3.63) is 0 Å². The van der Waals surface area contributed by atoms with E-state index in [0.29, 0.717) is 0 Å². The minimum atomic E-state index is 1.00. The van der Waals surface area contributed by atoms with Crippen LogP contribution < -0.4 is 10.9 Å². The fourth-order valence-electron chi connectivity index (χ4n) is 0.530. The molecule has 0 atom stereocenters. The SMILES string of the molecule is CCN(C)CCNNC. The molecule has 0 aliphatic rings. The highest BCUT2D eigenvalue weighted by Crippen LogP contribution is 1.75. The van der Waals surface area contributed by atoms with Crippen LogP contribution in [0.3, 0.4) is 0 Å². The number of nitrogens with one attached hydrogen (secondary N) is 2. The first kappa shape index (κ1) is 8.88. The summed E-state index contributed by atoms with van der Waals surface area (Å²) in [5.41, 5.74) is 5.89. The summed E-state index contributed by atoms with van der Waals surface area (Å²) >= 11 is 0. The van der Waals surface area contributed by atoms with Crippen molar-refractivity contribution in [2.45, 2.75) is 6.92 Å². The minimum Gasteiger partial charge on any atom is -0.305 e. The molecule has 0 aromatic heterocycles. The normalized spacial score (nSPS) is 10.7. The lowest BCUT2D eigenvalue weighted by atomic mass is 10.5. The van der Waals surface area contributed by atoms with E-state index in [2.05, 4.69) is 29.7 Å². The molecule has 0 rings (SSSR count). The molecule has 9 heavy (non-hydrogen) atoms. The van der Waals surface area contributed by atoms with E-state index in [0.717, 1.165) is 19.6 Å². The molecule has 0 radical (unpaired) electrons. The zero-order chi connectivity index (χ0) is 7.11. The first-order valence-electron chi connectivity index (χ1n) is 3.39. The van der Waals surface area contributed by atoms with Gasteiger partial charge in [-0.15, -0.1) is 0 Å². The molecule has 0 bridgehead atoms. The fraction of sp³-hybridized carbons (Fsp3) is 1.00. The maximum absolute atomic E-state index is 3.02. The van der Waals surface area contributed by atoms with Crippen LogP contribution in [-0.4, -0.2) is 38.6 Å². The number of hydrogen-bond donors (Lipinski definition) is 2. The molecule has 0 aliphatic carbocycles. The largest absolute Gasteiger partial charge is 0.305 e. The minimum absolute atomic E-state index is 1.00. The molecule has 0 saturated carbocycles. The second-order valence-electron chi connectivity index (χ2n) is 2.07. The zero-order valence-electron chi connectivity index (χ0n) is 6.57. The first-order valence-corrected chi connectivity index (χ1v) is 3.39. The van der Waals surface area contributed by atoms with Crippen molar-refractivity contribution in [1.29, 1.82) is 0 Å². The average Bonchev–Trinajstić information content (AvgIpc) is 1.89. The third-order valence-corrected chi connectivity index (χ3v) is 1.34. The Morgan fingerprint density at radius 3 is 2.56 bits per heavy atom. The van der Waals surface area contributed by atoms with Crippen LogP contribution in [0, 0.1) is 0 Å². The van der Waals surface area contributed by atoms with Crippen molar-refractivity contribution in [3.8, 4) is 0 Å². The maximum Gasteiger partial charge on any atom is 0.0227 e. The number of rotatable bonds is 5. The quantitative estimate of drug-likeness (QED) is 0.395. The Labute approximate surface area is 57.4 Å². The van der Waals surface area contributed by atoms with E-state index in [1.807, 2.05) is 7.05 Å². The summed E-state index contributed by atoms with van der Waals surface area (Å²) in [6.45, 7) is 5.36. The van der Waals surface area contributed by atoms with E-state index in [4.69, 9.17) is 0 Å². The molecule has 0 unspecified atom stereocenters. The average molecular weight is 131 g/mol. The molecule has 2 N–H and O–H groups in total. The highest BCUT2D eigenvalue weighted by molar-refractivity contribution is 4.47. The summed E-state index contributed by atoms with van der Waals surface area (Å²) in [7, 11) is 3.99. The molecule has 0 fully saturated rings. The van der Waals surface area contributed by atoms with Gasteiger partial charge in [-0.25, -0.2) is 0 Å². The molecule has 0 aromatic rings. The summed E-state index contributed by atoms with van der Waals surface area (Å²) in [4.78, 5) is 2.25. The molecule has 0 spiro atoms. The standard InChI is InChI=1S/C6H17N3/c1-4-9(3)6-5-8-7-2/h7-8H,4-6H2,1-3H3. The van der Waals surface area contributed by atoms with Crippen molar-refractivity contribution in [2.75, 3.05) is 33.7 Å². The van der Waals surface area contributed by atoms with Gasteiger partial charge < -0.3 is 4.90 Å². The molecule has 0 aliphatic heterocycles. The molecule has 0 saturated heterocycles. The van der Waals surface area contributed by atoms with Crippen LogP contribution in [0.25, 0.3) is 0 Å². The highest BCUT2D eigenvalue weighted by Gasteiger charge is 1.90. The molecule has 56 valence electrons. The van der Waals surface area contributed by atoms with Crippen molar-refractivity contribution < 1.29 is 0 Å². The van der Waals surface area contributed by atoms with Gasteiger partial charge in [0.1, 0.15) is 0 Å². The van der Waals surface area contributed by atoms with Gasteiger partial charge in [0.2, 0.25) is 0 Å². The Balaban J connectivity index is 2.88. The van der Waals surface area contributed by atoms with Gasteiger partial charge in [0.25, 0.3) is 0 Å². The second-order valence-corrected chi connectivity index (χ2v) is 2.07. The summed E-state index contributed by atoms with van der Waals surface area (Å²) in [6.07, 6.45) is 0. The molecule has 3 nitrogen and oxygen atoms in total. The van der Waals surface area contributed by atoms with Gasteiger partial charge in [-0.3, -0.25) is 10.9 Å². The van der Waals surface area contributed by atoms with E-state index >= 15 is 0 Å². The molecule has 3 heteroatoms. The van der Waals surface area contributed by atoms with Gasteiger partial charge in [0.15, 0.2) is 0 Å². The van der Waals surface area contributed by atoms with E-state index in [-0.39, 0.29) is 0 Å². The lowest BCUT2D eigenvalue weighted by Crippen LogP contribution is -2.35. The van der Waals surface area contributed by atoms with Gasteiger partial charge in [0, 0.05) is 13.1 Å². The van der Waals surface area contributed by atoms with Crippen LogP contribution in [0.5, 0.6) is 0 Å². The van der Waals surface area contributed by atoms with Crippen molar-refractivity contribution in [2.24, 2.45) is 0 Å².